The van der Waals surface area contributed by atoms with E-state index in [0.29, 0.717) is 30.5 Å². The highest BCUT2D eigenvalue weighted by molar-refractivity contribution is 5.90. The van der Waals surface area contributed by atoms with Crippen LogP contribution in [0.3, 0.4) is 0 Å². The number of rotatable bonds is 4. The standard InChI is InChI=1S/C14H20N2O4/c1-9-3-4-10(13(15)17)7-16(9)8-12-11(5-6-20-12)14(18)19-2/h5-6,9-10H,3-4,7-8H2,1-2H3,(H2,15,17)/t9-,10-/m0/s1. The van der Waals surface area contributed by atoms with Crippen LogP contribution in [-0.2, 0) is 16.1 Å². The maximum absolute atomic E-state index is 11.6. The third-order valence-corrected chi connectivity index (χ3v) is 3.91. The van der Waals surface area contributed by atoms with Crippen LogP contribution < -0.4 is 5.73 Å². The average Bonchev–Trinajstić information content (AvgIpc) is 2.88. The van der Waals surface area contributed by atoms with E-state index in [1.54, 1.807) is 6.07 Å². The number of hydrogen-bond donors (Lipinski definition) is 1. The van der Waals surface area contributed by atoms with Crippen molar-refractivity contribution >= 4 is 11.9 Å². The molecule has 1 aliphatic rings. The molecule has 20 heavy (non-hydrogen) atoms. The molecule has 2 atom stereocenters. The molecule has 2 N–H and O–H groups in total. The third-order valence-electron chi connectivity index (χ3n) is 3.91. The Balaban J connectivity index is 2.10. The number of nitrogens with zero attached hydrogens (tertiary/aromatic N) is 1. The second-order valence-electron chi connectivity index (χ2n) is 5.20. The minimum Gasteiger partial charge on any atom is -0.467 e. The Labute approximate surface area is 117 Å². The van der Waals surface area contributed by atoms with Gasteiger partial charge in [-0.3, -0.25) is 9.69 Å². The van der Waals surface area contributed by atoms with Crippen molar-refractivity contribution in [3.05, 3.63) is 23.7 Å². The molecule has 1 fully saturated rings. The molecule has 0 radical (unpaired) electrons. The summed E-state index contributed by atoms with van der Waals surface area (Å²) in [7, 11) is 1.34. The largest absolute Gasteiger partial charge is 0.467 e. The Morgan fingerprint density at radius 1 is 1.50 bits per heavy atom. The number of nitrogens with two attached hydrogens (primary N) is 1. The van der Waals surface area contributed by atoms with Gasteiger partial charge in [-0.2, -0.15) is 0 Å². The quantitative estimate of drug-likeness (QED) is 0.836. The highest BCUT2D eigenvalue weighted by Crippen LogP contribution is 2.25. The fourth-order valence-electron chi connectivity index (χ4n) is 2.57. The van der Waals surface area contributed by atoms with Crippen molar-refractivity contribution < 1.29 is 18.7 Å². The van der Waals surface area contributed by atoms with E-state index in [1.807, 2.05) is 0 Å². The lowest BCUT2D eigenvalue weighted by atomic mass is 9.93. The lowest BCUT2D eigenvalue weighted by Crippen LogP contribution is -2.45. The van der Waals surface area contributed by atoms with Crippen molar-refractivity contribution in [3.63, 3.8) is 0 Å². The van der Waals surface area contributed by atoms with Crippen LogP contribution in [0, 0.1) is 5.92 Å². The molecule has 2 rings (SSSR count). The number of piperidine rings is 1. The van der Waals surface area contributed by atoms with Crippen LogP contribution in [0.25, 0.3) is 0 Å². The van der Waals surface area contributed by atoms with E-state index >= 15 is 0 Å². The number of furan rings is 1. The Morgan fingerprint density at radius 2 is 2.25 bits per heavy atom. The molecule has 0 spiro atoms. The number of carbonyl (C=O) groups excluding carboxylic acids is 2. The molecule has 0 aliphatic carbocycles. The first kappa shape index (κ1) is 14.6. The monoisotopic (exact) mass is 280 g/mol. The average molecular weight is 280 g/mol. The molecule has 1 amide bonds. The Hall–Kier alpha value is -1.82. The van der Waals surface area contributed by atoms with E-state index < -0.39 is 5.97 Å². The van der Waals surface area contributed by atoms with Gasteiger partial charge in [-0.15, -0.1) is 0 Å². The number of hydrogen-bond acceptors (Lipinski definition) is 5. The molecule has 2 heterocycles. The van der Waals surface area contributed by atoms with Gasteiger partial charge in [-0.1, -0.05) is 0 Å². The van der Waals surface area contributed by atoms with Gasteiger partial charge >= 0.3 is 5.97 Å². The van der Waals surface area contributed by atoms with Crippen molar-refractivity contribution in [1.82, 2.24) is 4.90 Å². The van der Waals surface area contributed by atoms with Crippen LogP contribution in [0.15, 0.2) is 16.7 Å². The zero-order valence-corrected chi connectivity index (χ0v) is 11.8. The molecule has 6 nitrogen and oxygen atoms in total. The Bertz CT molecular complexity index is 497. The van der Waals surface area contributed by atoms with E-state index in [0.717, 1.165) is 12.8 Å². The highest BCUT2D eigenvalue weighted by Gasteiger charge is 2.30. The van der Waals surface area contributed by atoms with Gasteiger partial charge in [0.15, 0.2) is 0 Å². The summed E-state index contributed by atoms with van der Waals surface area (Å²) in [5, 5.41) is 0. The summed E-state index contributed by atoms with van der Waals surface area (Å²) in [6, 6.07) is 1.92. The number of carbonyl (C=O) groups is 2. The zero-order chi connectivity index (χ0) is 14.7. The topological polar surface area (TPSA) is 85.8 Å². The van der Waals surface area contributed by atoms with Gasteiger partial charge < -0.3 is 14.9 Å². The predicted molar refractivity (Wildman–Crippen MR) is 71.8 cm³/mol. The molecule has 0 aromatic carbocycles. The lowest BCUT2D eigenvalue weighted by Gasteiger charge is -2.36. The van der Waals surface area contributed by atoms with E-state index in [9.17, 15) is 9.59 Å². The molecule has 0 bridgehead atoms. The van der Waals surface area contributed by atoms with Crippen LogP contribution in [0.5, 0.6) is 0 Å². The molecule has 1 aromatic rings. The van der Waals surface area contributed by atoms with Crippen LogP contribution >= 0.6 is 0 Å². The lowest BCUT2D eigenvalue weighted by molar-refractivity contribution is -0.124. The summed E-state index contributed by atoms with van der Waals surface area (Å²) < 4.78 is 10.1. The summed E-state index contributed by atoms with van der Waals surface area (Å²) in [6.07, 6.45) is 3.19. The fraction of sp³-hybridized carbons (Fsp3) is 0.571. The molecule has 1 saturated heterocycles. The zero-order valence-electron chi connectivity index (χ0n) is 11.8. The first-order chi connectivity index (χ1) is 9.52. The second-order valence-corrected chi connectivity index (χ2v) is 5.20. The Morgan fingerprint density at radius 3 is 2.90 bits per heavy atom. The number of methoxy groups -OCH3 is 1. The Kier molecular flexibility index (Phi) is 4.44. The summed E-state index contributed by atoms with van der Waals surface area (Å²) in [6.45, 7) is 3.16. The SMILES string of the molecule is COC(=O)c1ccoc1CN1C[C@@H](C(N)=O)CC[C@@H]1C. The van der Waals surface area contributed by atoms with Crippen LogP contribution in [0.1, 0.15) is 35.9 Å². The molecule has 6 heteroatoms. The van der Waals surface area contributed by atoms with Gasteiger partial charge in [0, 0.05) is 12.6 Å². The molecule has 0 unspecified atom stereocenters. The van der Waals surface area contributed by atoms with E-state index in [1.165, 1.54) is 13.4 Å². The first-order valence-corrected chi connectivity index (χ1v) is 6.71. The molecule has 1 aliphatic heterocycles. The van der Waals surface area contributed by atoms with Crippen molar-refractivity contribution in [3.8, 4) is 0 Å². The van der Waals surface area contributed by atoms with Crippen molar-refractivity contribution in [2.75, 3.05) is 13.7 Å². The smallest absolute Gasteiger partial charge is 0.341 e. The summed E-state index contributed by atoms with van der Waals surface area (Å²) in [5.74, 6) is -0.254. The van der Waals surface area contributed by atoms with E-state index in [2.05, 4.69) is 11.8 Å². The molecule has 1 aromatic heterocycles. The van der Waals surface area contributed by atoms with Crippen molar-refractivity contribution in [1.29, 1.82) is 0 Å². The number of amides is 1. The maximum Gasteiger partial charge on any atom is 0.341 e. The van der Waals surface area contributed by atoms with Gasteiger partial charge in [0.05, 0.1) is 25.8 Å². The van der Waals surface area contributed by atoms with Crippen LogP contribution in [-0.4, -0.2) is 36.5 Å². The minimum absolute atomic E-state index is 0.136. The van der Waals surface area contributed by atoms with E-state index in [-0.39, 0.29) is 11.8 Å². The van der Waals surface area contributed by atoms with Crippen LogP contribution in [0.2, 0.25) is 0 Å². The van der Waals surface area contributed by atoms with Crippen molar-refractivity contribution in [2.24, 2.45) is 11.7 Å². The molecule has 110 valence electrons. The normalized spacial score (nSPS) is 23.5. The fourth-order valence-corrected chi connectivity index (χ4v) is 2.57. The number of ether oxygens (including phenoxy) is 1. The van der Waals surface area contributed by atoms with Gasteiger partial charge in [0.25, 0.3) is 0 Å². The van der Waals surface area contributed by atoms with E-state index in [4.69, 9.17) is 14.9 Å². The van der Waals surface area contributed by atoms with Crippen molar-refractivity contribution in [2.45, 2.75) is 32.4 Å². The summed E-state index contributed by atoms with van der Waals surface area (Å²) in [4.78, 5) is 25.1. The predicted octanol–water partition coefficient (Wildman–Crippen LogP) is 1.15. The summed E-state index contributed by atoms with van der Waals surface area (Å²) in [5.41, 5.74) is 5.82. The maximum atomic E-state index is 11.6. The second kappa shape index (κ2) is 6.09. The number of primary amides is 1. The molecule has 0 saturated carbocycles. The molecular formula is C14H20N2O4. The molecular weight excluding hydrogens is 260 g/mol. The van der Waals surface area contributed by atoms with Gasteiger partial charge in [0.1, 0.15) is 11.3 Å². The van der Waals surface area contributed by atoms with Gasteiger partial charge in [-0.05, 0) is 25.8 Å². The first-order valence-electron chi connectivity index (χ1n) is 6.71. The number of esters is 1. The van der Waals surface area contributed by atoms with Gasteiger partial charge in [0.2, 0.25) is 5.91 Å². The third kappa shape index (κ3) is 3.01. The minimum atomic E-state index is -0.412. The van der Waals surface area contributed by atoms with Gasteiger partial charge in [-0.25, -0.2) is 4.79 Å². The summed E-state index contributed by atoms with van der Waals surface area (Å²) >= 11 is 0. The highest BCUT2D eigenvalue weighted by atomic mass is 16.5. The number of likely N-dealkylation sites (tertiary alicyclic amines) is 1. The van der Waals surface area contributed by atoms with Crippen LogP contribution in [0.4, 0.5) is 0 Å².